The molecular formula is C24H24N4O4S2. The van der Waals surface area contributed by atoms with Gasteiger partial charge in [0, 0.05) is 17.9 Å². The Morgan fingerprint density at radius 1 is 1.06 bits per heavy atom. The number of carbonyl (C=O) groups excluding carboxylic acids is 1. The molecule has 2 aromatic carbocycles. The first kappa shape index (κ1) is 23.8. The molecular weight excluding hydrogens is 472 g/mol. The van der Waals surface area contributed by atoms with Crippen LogP contribution in [0.4, 0.5) is 0 Å². The molecule has 0 spiro atoms. The summed E-state index contributed by atoms with van der Waals surface area (Å²) in [5, 5.41) is 14.3. The molecule has 0 bridgehead atoms. The molecule has 8 nitrogen and oxygen atoms in total. The van der Waals surface area contributed by atoms with Gasteiger partial charge in [0.2, 0.25) is 0 Å². The Kier molecular flexibility index (Phi) is 6.63. The predicted octanol–water partition coefficient (Wildman–Crippen LogP) is 4.76. The molecule has 0 radical (unpaired) electrons. The lowest BCUT2D eigenvalue weighted by molar-refractivity contribution is 0.0519. The van der Waals surface area contributed by atoms with Crippen molar-refractivity contribution in [2.45, 2.75) is 31.6 Å². The SMILES string of the molecule is CCOC(=O)c1cc(-c2nnc(-c3cccc(S(C)(=O)=O)c3)s2)n(-c2ccccc2C(C)C)n1. The van der Waals surface area contributed by atoms with Gasteiger partial charge in [-0.1, -0.05) is 55.5 Å². The fourth-order valence-electron chi connectivity index (χ4n) is 3.49. The van der Waals surface area contributed by atoms with Crippen molar-refractivity contribution in [3.63, 3.8) is 0 Å². The molecule has 4 aromatic rings. The van der Waals surface area contributed by atoms with Gasteiger partial charge >= 0.3 is 5.97 Å². The van der Waals surface area contributed by atoms with Crippen LogP contribution in [0.25, 0.3) is 27.0 Å². The van der Waals surface area contributed by atoms with Gasteiger partial charge in [-0.15, -0.1) is 10.2 Å². The molecule has 0 aliphatic rings. The van der Waals surface area contributed by atoms with Crippen molar-refractivity contribution in [2.24, 2.45) is 0 Å². The van der Waals surface area contributed by atoms with Crippen molar-refractivity contribution in [3.05, 3.63) is 65.9 Å². The van der Waals surface area contributed by atoms with Crippen molar-refractivity contribution in [1.82, 2.24) is 20.0 Å². The summed E-state index contributed by atoms with van der Waals surface area (Å²) in [6.07, 6.45) is 1.17. The van der Waals surface area contributed by atoms with Gasteiger partial charge in [0.25, 0.3) is 0 Å². The summed E-state index contributed by atoms with van der Waals surface area (Å²) in [6, 6.07) is 16.1. The summed E-state index contributed by atoms with van der Waals surface area (Å²) in [6.45, 7) is 6.16. The van der Waals surface area contributed by atoms with Crippen molar-refractivity contribution < 1.29 is 17.9 Å². The lowest BCUT2D eigenvalue weighted by Gasteiger charge is -2.14. The molecule has 0 fully saturated rings. The highest BCUT2D eigenvalue weighted by atomic mass is 32.2. The van der Waals surface area contributed by atoms with E-state index in [0.717, 1.165) is 11.3 Å². The molecule has 0 aliphatic carbocycles. The van der Waals surface area contributed by atoms with Crippen LogP contribution < -0.4 is 0 Å². The zero-order valence-electron chi connectivity index (χ0n) is 19.2. The van der Waals surface area contributed by atoms with Crippen LogP contribution in [0.2, 0.25) is 0 Å². The molecule has 34 heavy (non-hydrogen) atoms. The van der Waals surface area contributed by atoms with Crippen LogP contribution in [-0.4, -0.2) is 47.2 Å². The smallest absolute Gasteiger partial charge is 0.358 e. The summed E-state index contributed by atoms with van der Waals surface area (Å²) in [4.78, 5) is 12.7. The van der Waals surface area contributed by atoms with Crippen LogP contribution >= 0.6 is 11.3 Å². The number of carbonyl (C=O) groups is 1. The summed E-state index contributed by atoms with van der Waals surface area (Å²) < 4.78 is 30.8. The lowest BCUT2D eigenvalue weighted by Crippen LogP contribution is -2.08. The van der Waals surface area contributed by atoms with Crippen LogP contribution in [0, 0.1) is 0 Å². The van der Waals surface area contributed by atoms with E-state index in [-0.39, 0.29) is 23.1 Å². The average Bonchev–Trinajstić information content (AvgIpc) is 3.46. The van der Waals surface area contributed by atoms with E-state index in [1.807, 2.05) is 24.3 Å². The molecule has 0 N–H and O–H groups in total. The fraction of sp³-hybridized carbons (Fsp3) is 0.250. The normalized spacial score (nSPS) is 11.7. The van der Waals surface area contributed by atoms with Crippen LogP contribution in [0.15, 0.2) is 59.5 Å². The number of nitrogens with zero attached hydrogens (tertiary/aromatic N) is 4. The first-order valence-electron chi connectivity index (χ1n) is 10.7. The minimum Gasteiger partial charge on any atom is -0.461 e. The Bertz CT molecular complexity index is 1460. The topological polar surface area (TPSA) is 104 Å². The van der Waals surface area contributed by atoms with E-state index in [0.29, 0.717) is 21.3 Å². The number of sulfone groups is 1. The van der Waals surface area contributed by atoms with Gasteiger partial charge in [-0.3, -0.25) is 0 Å². The number of ether oxygens (including phenoxy) is 1. The van der Waals surface area contributed by atoms with E-state index < -0.39 is 15.8 Å². The molecule has 0 amide bonds. The molecule has 176 valence electrons. The van der Waals surface area contributed by atoms with Gasteiger partial charge in [-0.25, -0.2) is 17.9 Å². The third kappa shape index (κ3) is 4.78. The second-order valence-corrected chi connectivity index (χ2v) is 11.0. The van der Waals surface area contributed by atoms with E-state index >= 15 is 0 Å². The van der Waals surface area contributed by atoms with Gasteiger partial charge in [0.05, 0.1) is 17.2 Å². The number of benzene rings is 2. The molecule has 10 heteroatoms. The standard InChI is InChI=1S/C24H24N4O4S2/c1-5-32-24(29)19-14-21(28(27-19)20-12-7-6-11-18(20)15(2)3)23-26-25-22(33-23)16-9-8-10-17(13-16)34(4,30)31/h6-15H,5H2,1-4H3. The lowest BCUT2D eigenvalue weighted by atomic mass is 10.0. The van der Waals surface area contributed by atoms with Gasteiger partial charge in [0.1, 0.15) is 10.7 Å². The fourth-order valence-corrected chi connectivity index (χ4v) is 5.00. The predicted molar refractivity (Wildman–Crippen MR) is 131 cm³/mol. The van der Waals surface area contributed by atoms with Crippen molar-refractivity contribution in [2.75, 3.05) is 12.9 Å². The van der Waals surface area contributed by atoms with E-state index in [9.17, 15) is 13.2 Å². The minimum absolute atomic E-state index is 0.172. The second kappa shape index (κ2) is 9.47. The highest BCUT2D eigenvalue weighted by molar-refractivity contribution is 7.90. The Labute approximate surface area is 202 Å². The number of rotatable bonds is 7. The number of hydrogen-bond donors (Lipinski definition) is 0. The Hall–Kier alpha value is -3.37. The maximum absolute atomic E-state index is 12.5. The van der Waals surface area contributed by atoms with Gasteiger partial charge < -0.3 is 4.74 Å². The molecule has 2 heterocycles. The monoisotopic (exact) mass is 496 g/mol. The van der Waals surface area contributed by atoms with E-state index in [1.54, 1.807) is 41.9 Å². The van der Waals surface area contributed by atoms with Crippen LogP contribution in [-0.2, 0) is 14.6 Å². The number of esters is 1. The number of aromatic nitrogens is 4. The molecule has 0 saturated carbocycles. The molecule has 0 aliphatic heterocycles. The molecule has 0 unspecified atom stereocenters. The van der Waals surface area contributed by atoms with Crippen LogP contribution in [0.3, 0.4) is 0 Å². The minimum atomic E-state index is -3.36. The van der Waals surface area contributed by atoms with Crippen LogP contribution in [0.5, 0.6) is 0 Å². The van der Waals surface area contributed by atoms with Crippen molar-refractivity contribution >= 4 is 27.1 Å². The largest absolute Gasteiger partial charge is 0.461 e. The third-order valence-corrected chi connectivity index (χ3v) is 7.24. The molecule has 4 rings (SSSR count). The molecule has 0 atom stereocenters. The van der Waals surface area contributed by atoms with E-state index in [1.165, 1.54) is 17.6 Å². The van der Waals surface area contributed by atoms with E-state index in [2.05, 4.69) is 29.1 Å². The van der Waals surface area contributed by atoms with Crippen LogP contribution in [0.1, 0.15) is 42.7 Å². The van der Waals surface area contributed by atoms with Crippen molar-refractivity contribution in [1.29, 1.82) is 0 Å². The maximum Gasteiger partial charge on any atom is 0.358 e. The van der Waals surface area contributed by atoms with Gasteiger partial charge in [-0.2, -0.15) is 5.10 Å². The highest BCUT2D eigenvalue weighted by Gasteiger charge is 2.22. The second-order valence-electron chi connectivity index (χ2n) is 7.97. The van der Waals surface area contributed by atoms with Gasteiger partial charge in [-0.05, 0) is 36.6 Å². The third-order valence-electron chi connectivity index (χ3n) is 5.13. The Balaban J connectivity index is 1.84. The quantitative estimate of drug-likeness (QED) is 0.340. The Morgan fingerprint density at radius 3 is 2.50 bits per heavy atom. The summed E-state index contributed by atoms with van der Waals surface area (Å²) >= 11 is 1.29. The average molecular weight is 497 g/mol. The first-order chi connectivity index (χ1) is 16.2. The highest BCUT2D eigenvalue weighted by Crippen LogP contribution is 2.34. The number of hydrogen-bond acceptors (Lipinski definition) is 8. The zero-order valence-corrected chi connectivity index (χ0v) is 20.9. The van der Waals surface area contributed by atoms with Gasteiger partial charge in [0.15, 0.2) is 20.5 Å². The Morgan fingerprint density at radius 2 is 1.79 bits per heavy atom. The van der Waals surface area contributed by atoms with E-state index in [4.69, 9.17) is 4.74 Å². The van der Waals surface area contributed by atoms with Crippen molar-refractivity contribution in [3.8, 4) is 27.0 Å². The zero-order chi connectivity index (χ0) is 24.5. The summed E-state index contributed by atoms with van der Waals surface area (Å²) in [5.74, 6) is -0.293. The first-order valence-corrected chi connectivity index (χ1v) is 13.4. The summed E-state index contributed by atoms with van der Waals surface area (Å²) in [5.41, 5.74) is 3.31. The molecule has 2 aromatic heterocycles. The number of para-hydroxylation sites is 1. The summed E-state index contributed by atoms with van der Waals surface area (Å²) in [7, 11) is -3.36. The molecule has 0 saturated heterocycles. The maximum atomic E-state index is 12.5.